The molecule has 2 aromatic rings. The van der Waals surface area contributed by atoms with Crippen molar-refractivity contribution in [2.24, 2.45) is 0 Å². The average molecular weight is 320 g/mol. The monoisotopic (exact) mass is 319 g/mol. The highest BCUT2D eigenvalue weighted by Crippen LogP contribution is 2.15. The third kappa shape index (κ3) is 3.64. The second kappa shape index (κ2) is 6.89. The molecule has 0 amide bonds. The molecule has 1 saturated heterocycles. The van der Waals surface area contributed by atoms with Crippen LogP contribution in [0.2, 0.25) is 5.02 Å². The van der Waals surface area contributed by atoms with Gasteiger partial charge in [0, 0.05) is 38.8 Å². The Bertz CT molecular complexity index is 614. The molecule has 0 atom stereocenters. The minimum absolute atomic E-state index is 0.562. The van der Waals surface area contributed by atoms with Crippen molar-refractivity contribution in [3.05, 3.63) is 41.3 Å². The van der Waals surface area contributed by atoms with Crippen LogP contribution in [0, 0.1) is 0 Å². The zero-order chi connectivity index (χ0) is 15.4. The molecule has 0 N–H and O–H groups in total. The van der Waals surface area contributed by atoms with Crippen LogP contribution in [0.1, 0.15) is 5.69 Å². The van der Waals surface area contributed by atoms with Crippen molar-refractivity contribution in [1.29, 1.82) is 0 Å². The lowest BCUT2D eigenvalue weighted by atomic mass is 10.2. The van der Waals surface area contributed by atoms with Gasteiger partial charge in [0.25, 0.3) is 0 Å². The van der Waals surface area contributed by atoms with E-state index < -0.39 is 0 Å². The van der Waals surface area contributed by atoms with E-state index in [9.17, 15) is 0 Å². The van der Waals surface area contributed by atoms with Gasteiger partial charge < -0.3 is 9.64 Å². The van der Waals surface area contributed by atoms with Gasteiger partial charge >= 0.3 is 0 Å². The Labute approximate surface area is 134 Å². The molecule has 6 nitrogen and oxygen atoms in total. The SMILES string of the molecule is COc1cccc(CN2CCN(c3ncc(Cl)cn3)CC2)n1. The van der Waals surface area contributed by atoms with Gasteiger partial charge in [-0.25, -0.2) is 15.0 Å². The van der Waals surface area contributed by atoms with Crippen molar-refractivity contribution in [3.63, 3.8) is 0 Å². The zero-order valence-corrected chi connectivity index (χ0v) is 13.2. The van der Waals surface area contributed by atoms with E-state index in [0.29, 0.717) is 10.9 Å². The first kappa shape index (κ1) is 15.0. The molecule has 0 unspecified atom stereocenters. The van der Waals surface area contributed by atoms with Crippen LogP contribution in [-0.4, -0.2) is 53.1 Å². The van der Waals surface area contributed by atoms with Crippen molar-refractivity contribution in [1.82, 2.24) is 19.9 Å². The number of pyridine rings is 1. The van der Waals surface area contributed by atoms with Crippen LogP contribution in [0.4, 0.5) is 5.95 Å². The van der Waals surface area contributed by atoms with Crippen molar-refractivity contribution in [2.45, 2.75) is 6.54 Å². The first-order valence-corrected chi connectivity index (χ1v) is 7.57. The average Bonchev–Trinajstić information content (AvgIpc) is 2.57. The van der Waals surface area contributed by atoms with Crippen LogP contribution in [0.15, 0.2) is 30.6 Å². The van der Waals surface area contributed by atoms with E-state index in [4.69, 9.17) is 16.3 Å². The van der Waals surface area contributed by atoms with Crippen LogP contribution in [0.5, 0.6) is 5.88 Å². The molecule has 2 aromatic heterocycles. The van der Waals surface area contributed by atoms with E-state index >= 15 is 0 Å². The van der Waals surface area contributed by atoms with E-state index in [1.807, 2.05) is 18.2 Å². The molecule has 1 fully saturated rings. The second-order valence-electron chi connectivity index (χ2n) is 5.14. The number of hydrogen-bond acceptors (Lipinski definition) is 6. The molecule has 22 heavy (non-hydrogen) atoms. The van der Waals surface area contributed by atoms with Gasteiger partial charge in [0.2, 0.25) is 11.8 Å². The van der Waals surface area contributed by atoms with Crippen molar-refractivity contribution in [2.75, 3.05) is 38.2 Å². The highest BCUT2D eigenvalue weighted by Gasteiger charge is 2.19. The maximum atomic E-state index is 5.82. The van der Waals surface area contributed by atoms with E-state index in [1.54, 1.807) is 19.5 Å². The fraction of sp³-hybridized carbons (Fsp3) is 0.400. The summed E-state index contributed by atoms with van der Waals surface area (Å²) in [7, 11) is 1.64. The maximum absolute atomic E-state index is 5.82. The smallest absolute Gasteiger partial charge is 0.225 e. The standard InChI is InChI=1S/C15H18ClN5O/c1-22-14-4-2-3-13(19-14)11-20-5-7-21(8-6-20)15-17-9-12(16)10-18-15/h2-4,9-10H,5-8,11H2,1H3. The molecule has 3 rings (SSSR count). The Kier molecular flexibility index (Phi) is 4.70. The summed E-state index contributed by atoms with van der Waals surface area (Å²) in [6, 6.07) is 5.86. The third-order valence-corrected chi connectivity index (χ3v) is 3.83. The van der Waals surface area contributed by atoms with Gasteiger partial charge in [-0.3, -0.25) is 4.90 Å². The summed E-state index contributed by atoms with van der Waals surface area (Å²) >= 11 is 5.82. The number of anilines is 1. The third-order valence-electron chi connectivity index (χ3n) is 3.64. The molecule has 0 saturated carbocycles. The van der Waals surface area contributed by atoms with Gasteiger partial charge in [-0.1, -0.05) is 17.7 Å². The largest absolute Gasteiger partial charge is 0.481 e. The predicted octanol–water partition coefficient (Wildman–Crippen LogP) is 1.86. The molecule has 116 valence electrons. The highest BCUT2D eigenvalue weighted by molar-refractivity contribution is 6.30. The van der Waals surface area contributed by atoms with Gasteiger partial charge in [-0.05, 0) is 6.07 Å². The lowest BCUT2D eigenvalue weighted by molar-refractivity contribution is 0.245. The lowest BCUT2D eigenvalue weighted by Crippen LogP contribution is -2.46. The van der Waals surface area contributed by atoms with Crippen molar-refractivity contribution in [3.8, 4) is 5.88 Å². The van der Waals surface area contributed by atoms with Crippen molar-refractivity contribution < 1.29 is 4.74 Å². The number of aromatic nitrogens is 3. The fourth-order valence-corrected chi connectivity index (χ4v) is 2.56. The van der Waals surface area contributed by atoms with Crippen LogP contribution in [0.25, 0.3) is 0 Å². The summed E-state index contributed by atoms with van der Waals surface area (Å²) in [6.45, 7) is 4.51. The number of methoxy groups -OCH3 is 1. The van der Waals surface area contributed by atoms with Gasteiger partial charge in [0.05, 0.1) is 30.2 Å². The van der Waals surface area contributed by atoms with E-state index in [1.165, 1.54) is 0 Å². The Morgan fingerprint density at radius 1 is 1.14 bits per heavy atom. The minimum atomic E-state index is 0.562. The summed E-state index contributed by atoms with van der Waals surface area (Å²) in [6.07, 6.45) is 3.27. The summed E-state index contributed by atoms with van der Waals surface area (Å²) in [5.74, 6) is 1.40. The Morgan fingerprint density at radius 2 is 1.86 bits per heavy atom. The number of halogens is 1. The molecule has 0 spiro atoms. The molecule has 3 heterocycles. The molecule has 0 aromatic carbocycles. The van der Waals surface area contributed by atoms with E-state index in [-0.39, 0.29) is 0 Å². The van der Waals surface area contributed by atoms with Gasteiger partial charge in [-0.15, -0.1) is 0 Å². The van der Waals surface area contributed by atoms with E-state index in [0.717, 1.165) is 44.4 Å². The van der Waals surface area contributed by atoms with Crippen LogP contribution in [-0.2, 0) is 6.54 Å². The molecular formula is C15H18ClN5O. The number of piperazine rings is 1. The predicted molar refractivity (Wildman–Crippen MR) is 85.3 cm³/mol. The van der Waals surface area contributed by atoms with E-state index in [2.05, 4.69) is 24.8 Å². The number of ether oxygens (including phenoxy) is 1. The molecule has 1 aliphatic rings. The van der Waals surface area contributed by atoms with Crippen LogP contribution >= 0.6 is 11.6 Å². The van der Waals surface area contributed by atoms with Crippen LogP contribution in [0.3, 0.4) is 0 Å². The zero-order valence-electron chi connectivity index (χ0n) is 12.4. The minimum Gasteiger partial charge on any atom is -0.481 e. The van der Waals surface area contributed by atoms with Gasteiger partial charge in [-0.2, -0.15) is 0 Å². The highest BCUT2D eigenvalue weighted by atomic mass is 35.5. The second-order valence-corrected chi connectivity index (χ2v) is 5.57. The molecule has 0 aliphatic carbocycles. The quantitative estimate of drug-likeness (QED) is 0.857. The Hall–Kier alpha value is -1.92. The molecule has 0 bridgehead atoms. The van der Waals surface area contributed by atoms with Gasteiger partial charge in [0.15, 0.2) is 0 Å². The summed E-state index contributed by atoms with van der Waals surface area (Å²) in [5, 5.41) is 0.562. The number of nitrogens with zero attached hydrogens (tertiary/aromatic N) is 5. The summed E-state index contributed by atoms with van der Waals surface area (Å²) in [4.78, 5) is 17.5. The fourth-order valence-electron chi connectivity index (χ4n) is 2.46. The first-order valence-electron chi connectivity index (χ1n) is 7.19. The summed E-state index contributed by atoms with van der Waals surface area (Å²) < 4.78 is 5.16. The molecule has 1 aliphatic heterocycles. The lowest BCUT2D eigenvalue weighted by Gasteiger charge is -2.34. The normalized spacial score (nSPS) is 15.8. The molecular weight excluding hydrogens is 302 g/mol. The molecule has 7 heteroatoms. The first-order chi connectivity index (χ1) is 10.7. The summed E-state index contributed by atoms with van der Waals surface area (Å²) in [5.41, 5.74) is 1.02. The maximum Gasteiger partial charge on any atom is 0.225 e. The topological polar surface area (TPSA) is 54.4 Å². The Morgan fingerprint density at radius 3 is 2.55 bits per heavy atom. The van der Waals surface area contributed by atoms with Crippen LogP contribution < -0.4 is 9.64 Å². The number of hydrogen-bond donors (Lipinski definition) is 0. The van der Waals surface area contributed by atoms with Gasteiger partial charge in [0.1, 0.15) is 0 Å². The number of rotatable bonds is 4. The Balaban J connectivity index is 1.56. The van der Waals surface area contributed by atoms with Crippen molar-refractivity contribution >= 4 is 17.5 Å². The molecule has 0 radical (unpaired) electrons.